The predicted molar refractivity (Wildman–Crippen MR) is 73.6 cm³/mol. The Hall–Kier alpha value is -1.97. The van der Waals surface area contributed by atoms with Crippen molar-refractivity contribution in [2.75, 3.05) is 6.61 Å². The van der Waals surface area contributed by atoms with Crippen molar-refractivity contribution in [3.8, 4) is 6.07 Å². The van der Waals surface area contributed by atoms with Crippen molar-refractivity contribution in [1.29, 1.82) is 5.26 Å². The van der Waals surface area contributed by atoms with Gasteiger partial charge in [0.2, 0.25) is 0 Å². The molecule has 0 radical (unpaired) electrons. The number of aliphatic hydroxyl groups is 1. The molecule has 0 spiro atoms. The summed E-state index contributed by atoms with van der Waals surface area (Å²) in [6.07, 6.45) is 0.0344. The van der Waals surface area contributed by atoms with Crippen molar-refractivity contribution in [2.24, 2.45) is 5.41 Å². The van der Waals surface area contributed by atoms with E-state index in [2.05, 4.69) is 0 Å². The molecule has 1 atom stereocenters. The van der Waals surface area contributed by atoms with Gasteiger partial charge >= 0.3 is 0 Å². The van der Waals surface area contributed by atoms with Gasteiger partial charge in [0.05, 0.1) is 17.7 Å². The van der Waals surface area contributed by atoms with Crippen LogP contribution in [0.1, 0.15) is 44.4 Å². The van der Waals surface area contributed by atoms with Gasteiger partial charge in [-0.3, -0.25) is 10.0 Å². The lowest BCUT2D eigenvalue weighted by Gasteiger charge is -2.31. The summed E-state index contributed by atoms with van der Waals surface area (Å²) < 4.78 is 13.5. The summed E-state index contributed by atoms with van der Waals surface area (Å²) in [5.74, 6) is -1.19. The lowest BCUT2D eigenvalue weighted by molar-refractivity contribution is -0.187. The molecule has 1 rings (SSSR count). The number of hydrogen-bond acceptors (Lipinski definition) is 4. The summed E-state index contributed by atoms with van der Waals surface area (Å²) in [5, 5.41) is 28.6. The van der Waals surface area contributed by atoms with Gasteiger partial charge in [-0.25, -0.2) is 9.45 Å². The molecule has 1 amide bonds. The molecule has 6 heteroatoms. The molecule has 114 valence electrons. The zero-order chi connectivity index (χ0) is 16.2. The molecule has 0 saturated carbocycles. The molecule has 0 fully saturated rings. The smallest absolute Gasteiger partial charge is 0.251 e. The van der Waals surface area contributed by atoms with Gasteiger partial charge in [0.1, 0.15) is 5.82 Å². The third-order valence-corrected chi connectivity index (χ3v) is 2.98. The minimum atomic E-state index is -0.912. The van der Waals surface area contributed by atoms with E-state index < -0.39 is 23.2 Å². The molecule has 1 aromatic carbocycles. The monoisotopic (exact) mass is 294 g/mol. The third kappa shape index (κ3) is 4.25. The van der Waals surface area contributed by atoms with Crippen molar-refractivity contribution in [3.63, 3.8) is 0 Å². The summed E-state index contributed by atoms with van der Waals surface area (Å²) in [7, 11) is 0. The second-order valence-corrected chi connectivity index (χ2v) is 5.81. The van der Waals surface area contributed by atoms with Gasteiger partial charge in [0, 0.05) is 12.0 Å². The molecule has 2 N–H and O–H groups in total. The van der Waals surface area contributed by atoms with E-state index in [1.165, 1.54) is 6.07 Å². The Morgan fingerprint density at radius 3 is 2.52 bits per heavy atom. The summed E-state index contributed by atoms with van der Waals surface area (Å²) >= 11 is 0. The first-order valence-electron chi connectivity index (χ1n) is 6.54. The van der Waals surface area contributed by atoms with Crippen LogP contribution in [0.4, 0.5) is 4.39 Å². The molecule has 0 saturated heterocycles. The molecule has 21 heavy (non-hydrogen) atoms. The average molecular weight is 294 g/mol. The van der Waals surface area contributed by atoms with Crippen LogP contribution in [0.5, 0.6) is 0 Å². The number of amides is 1. The number of rotatable bonds is 4. The van der Waals surface area contributed by atoms with Crippen molar-refractivity contribution < 1.29 is 19.5 Å². The molecule has 1 aromatic rings. The SMILES string of the molecule is CC(C)(C)C(=O)N(O)C(CCO)c1cc(F)cc(C#N)c1. The number of carbonyl (C=O) groups excluding carboxylic acids is 1. The van der Waals surface area contributed by atoms with E-state index in [4.69, 9.17) is 10.4 Å². The Morgan fingerprint density at radius 2 is 2.05 bits per heavy atom. The molecule has 0 bridgehead atoms. The van der Waals surface area contributed by atoms with E-state index in [0.29, 0.717) is 5.06 Å². The number of aliphatic hydroxyl groups excluding tert-OH is 1. The largest absolute Gasteiger partial charge is 0.396 e. The number of carbonyl (C=O) groups is 1. The first-order chi connectivity index (χ1) is 9.70. The van der Waals surface area contributed by atoms with Gasteiger partial charge in [-0.05, 0) is 30.2 Å². The molecule has 5 nitrogen and oxygen atoms in total. The Labute approximate surface area is 123 Å². The van der Waals surface area contributed by atoms with E-state index >= 15 is 0 Å². The van der Waals surface area contributed by atoms with Crippen LogP contribution in [0.25, 0.3) is 0 Å². The maximum atomic E-state index is 13.5. The topological polar surface area (TPSA) is 84.6 Å². The van der Waals surface area contributed by atoms with Gasteiger partial charge < -0.3 is 5.11 Å². The number of nitriles is 1. The third-order valence-electron chi connectivity index (χ3n) is 2.98. The van der Waals surface area contributed by atoms with Gasteiger partial charge in [0.15, 0.2) is 0 Å². The molecular weight excluding hydrogens is 275 g/mol. The first-order valence-corrected chi connectivity index (χ1v) is 6.54. The van der Waals surface area contributed by atoms with Gasteiger partial charge in [-0.15, -0.1) is 0 Å². The van der Waals surface area contributed by atoms with Crippen LogP contribution in [0.2, 0.25) is 0 Å². The normalized spacial score (nSPS) is 12.6. The highest BCUT2D eigenvalue weighted by Crippen LogP contribution is 2.28. The van der Waals surface area contributed by atoms with Crippen molar-refractivity contribution >= 4 is 5.91 Å². The van der Waals surface area contributed by atoms with Crippen LogP contribution in [0, 0.1) is 22.6 Å². The van der Waals surface area contributed by atoms with Crippen molar-refractivity contribution in [1.82, 2.24) is 5.06 Å². The number of nitrogens with zero attached hydrogens (tertiary/aromatic N) is 2. The van der Waals surface area contributed by atoms with E-state index in [1.54, 1.807) is 20.8 Å². The molecular formula is C15H19FN2O3. The standard InChI is InChI=1S/C15H19FN2O3/c1-15(2,3)14(20)18(21)13(4-5-19)11-6-10(9-17)7-12(16)8-11/h6-8,13,19,21H,4-5H2,1-3H3. The average Bonchev–Trinajstić information content (AvgIpc) is 2.41. The maximum absolute atomic E-state index is 13.5. The number of halogens is 1. The summed E-state index contributed by atoms with van der Waals surface area (Å²) in [5.41, 5.74) is -0.473. The van der Waals surface area contributed by atoms with E-state index in [9.17, 15) is 14.4 Å². The fourth-order valence-electron chi connectivity index (χ4n) is 1.91. The summed E-state index contributed by atoms with van der Waals surface area (Å²) in [6.45, 7) is 4.63. The zero-order valence-corrected chi connectivity index (χ0v) is 12.3. The van der Waals surface area contributed by atoms with Crippen molar-refractivity contribution in [2.45, 2.75) is 33.2 Å². The number of benzene rings is 1. The molecule has 0 aromatic heterocycles. The lowest BCUT2D eigenvalue weighted by atomic mass is 9.93. The van der Waals surface area contributed by atoms with E-state index in [1.807, 2.05) is 6.07 Å². The number of hydrogen-bond donors (Lipinski definition) is 2. The van der Waals surface area contributed by atoms with Crippen LogP contribution in [0.15, 0.2) is 18.2 Å². The Morgan fingerprint density at radius 1 is 1.43 bits per heavy atom. The minimum absolute atomic E-state index is 0.0344. The second-order valence-electron chi connectivity index (χ2n) is 5.81. The van der Waals surface area contributed by atoms with Crippen LogP contribution >= 0.6 is 0 Å². The zero-order valence-electron chi connectivity index (χ0n) is 12.3. The highest BCUT2D eigenvalue weighted by atomic mass is 19.1. The fourth-order valence-corrected chi connectivity index (χ4v) is 1.91. The summed E-state index contributed by atoms with van der Waals surface area (Å²) in [4.78, 5) is 12.1. The van der Waals surface area contributed by atoms with E-state index in [0.717, 1.165) is 12.1 Å². The first kappa shape index (κ1) is 17.1. The Balaban J connectivity index is 3.21. The predicted octanol–water partition coefficient (Wildman–Crippen LogP) is 2.38. The van der Waals surface area contributed by atoms with Gasteiger partial charge in [0.25, 0.3) is 5.91 Å². The molecule has 0 aliphatic rings. The van der Waals surface area contributed by atoms with Crippen molar-refractivity contribution in [3.05, 3.63) is 35.1 Å². The maximum Gasteiger partial charge on any atom is 0.251 e. The molecule has 0 heterocycles. The highest BCUT2D eigenvalue weighted by molar-refractivity contribution is 5.80. The minimum Gasteiger partial charge on any atom is -0.396 e. The van der Waals surface area contributed by atoms with E-state index in [-0.39, 0.29) is 24.2 Å². The van der Waals surface area contributed by atoms with Gasteiger partial charge in [-0.1, -0.05) is 20.8 Å². The number of hydroxylamine groups is 2. The van der Waals surface area contributed by atoms with Crippen LogP contribution < -0.4 is 0 Å². The highest BCUT2D eigenvalue weighted by Gasteiger charge is 2.32. The summed E-state index contributed by atoms with van der Waals surface area (Å²) in [6, 6.07) is 4.50. The molecule has 0 aliphatic heterocycles. The van der Waals surface area contributed by atoms with Crippen LogP contribution in [-0.4, -0.2) is 27.9 Å². The Bertz CT molecular complexity index is 561. The Kier molecular flexibility index (Phi) is 5.41. The second kappa shape index (κ2) is 6.66. The van der Waals surface area contributed by atoms with Crippen LogP contribution in [-0.2, 0) is 4.79 Å². The molecule has 0 aliphatic carbocycles. The quantitative estimate of drug-likeness (QED) is 0.659. The lowest BCUT2D eigenvalue weighted by Crippen LogP contribution is -2.40. The van der Waals surface area contributed by atoms with Gasteiger partial charge in [-0.2, -0.15) is 5.26 Å². The van der Waals surface area contributed by atoms with Crippen LogP contribution in [0.3, 0.4) is 0 Å². The molecule has 1 unspecified atom stereocenters. The fraction of sp³-hybridized carbons (Fsp3) is 0.467.